The summed E-state index contributed by atoms with van der Waals surface area (Å²) in [5.74, 6) is -5.46. The quantitative estimate of drug-likeness (QED) is 0.101. The Kier molecular flexibility index (Phi) is 12.2. The van der Waals surface area contributed by atoms with Gasteiger partial charge in [0.1, 0.15) is 11.1 Å². The van der Waals surface area contributed by atoms with Gasteiger partial charge in [-0.3, -0.25) is 0 Å². The average molecular weight is 785 g/mol. The van der Waals surface area contributed by atoms with Gasteiger partial charge in [0.15, 0.2) is 11.5 Å². The van der Waals surface area contributed by atoms with Gasteiger partial charge in [0.25, 0.3) is 0 Å². The van der Waals surface area contributed by atoms with E-state index in [4.69, 9.17) is 88.6 Å². The highest BCUT2D eigenvalue weighted by Crippen LogP contribution is 2.48. The summed E-state index contributed by atoms with van der Waals surface area (Å²) in [5, 5.41) is -1.48. The second-order valence-electron chi connectivity index (χ2n) is 14.3. The maximum Gasteiger partial charge on any atom is 0.423 e. The molecule has 2 aromatic carbocycles. The Bertz CT molecular complexity index is 1500. The van der Waals surface area contributed by atoms with Crippen molar-refractivity contribution in [3.05, 3.63) is 53.4 Å². The number of hydrogen-bond donors (Lipinski definition) is 0. The number of rotatable bonds is 10. The third-order valence-corrected chi connectivity index (χ3v) is 10.7. The zero-order valence-electron chi connectivity index (χ0n) is 27.2. The summed E-state index contributed by atoms with van der Waals surface area (Å²) in [4.78, 5) is 52.8. The van der Waals surface area contributed by atoms with E-state index in [-0.39, 0.29) is 66.0 Å². The average Bonchev–Trinajstić information content (AvgIpc) is 3.89. The molecule has 2 saturated carbocycles. The van der Waals surface area contributed by atoms with E-state index in [1.54, 1.807) is 0 Å². The van der Waals surface area contributed by atoms with Crippen LogP contribution in [0.1, 0.15) is 87.9 Å². The van der Waals surface area contributed by atoms with E-state index >= 15 is 0 Å². The highest BCUT2D eigenvalue weighted by molar-refractivity contribution is 6.47. The molecule has 48 heavy (non-hydrogen) atoms. The summed E-state index contributed by atoms with van der Waals surface area (Å²) < 4.78 is 21.7. The highest BCUT2D eigenvalue weighted by atomic mass is 35.5. The minimum atomic E-state index is -1.64. The first-order valence-corrected chi connectivity index (χ1v) is 17.6. The zero-order chi connectivity index (χ0) is 35.9. The van der Waals surface area contributed by atoms with Crippen molar-refractivity contribution < 1.29 is 38.1 Å². The molecular formula is C34H36Cl6O8. The van der Waals surface area contributed by atoms with Crippen LogP contribution in [0, 0.1) is 34.5 Å². The molecule has 0 radical (unpaired) electrons. The SMILES string of the molecule is CC(C)(C)C(COC(=O)c1c(Cl)c(Cl)cc(Cl)c1OC(=O)C(=O)Oc1c(Cl)cc(Cl)c(Cl)c1C(=O)OCC(C1CC1)C(C)(C)C)C1CC1. The number of esters is 4. The van der Waals surface area contributed by atoms with Crippen LogP contribution in [0.2, 0.25) is 30.1 Å². The van der Waals surface area contributed by atoms with Crippen molar-refractivity contribution >= 4 is 93.5 Å². The Morgan fingerprint density at radius 2 is 0.917 bits per heavy atom. The summed E-state index contributed by atoms with van der Waals surface area (Å²) in [7, 11) is 0. The van der Waals surface area contributed by atoms with Crippen LogP contribution < -0.4 is 9.47 Å². The molecule has 2 unspecified atom stereocenters. The second kappa shape index (κ2) is 15.1. The fourth-order valence-electron chi connectivity index (χ4n) is 5.65. The first-order valence-electron chi connectivity index (χ1n) is 15.4. The van der Waals surface area contributed by atoms with E-state index in [0.29, 0.717) is 11.8 Å². The minimum Gasteiger partial charge on any atom is -0.462 e. The summed E-state index contributed by atoms with van der Waals surface area (Å²) in [6.07, 6.45) is 4.09. The molecule has 0 aliphatic heterocycles. The van der Waals surface area contributed by atoms with Crippen LogP contribution in [0.25, 0.3) is 0 Å². The molecule has 2 aromatic rings. The monoisotopic (exact) mass is 782 g/mol. The molecular weight excluding hydrogens is 749 g/mol. The molecule has 262 valence electrons. The Morgan fingerprint density at radius 3 is 1.19 bits per heavy atom. The number of benzene rings is 2. The lowest BCUT2D eigenvalue weighted by Crippen LogP contribution is -2.30. The second-order valence-corrected chi connectivity index (χ2v) is 16.7. The van der Waals surface area contributed by atoms with Gasteiger partial charge in [0, 0.05) is 11.8 Å². The van der Waals surface area contributed by atoms with Gasteiger partial charge in [-0.05, 0) is 60.5 Å². The van der Waals surface area contributed by atoms with Crippen LogP contribution in [0.15, 0.2) is 12.1 Å². The number of carbonyl (C=O) groups is 4. The lowest BCUT2D eigenvalue weighted by molar-refractivity contribution is -0.156. The van der Waals surface area contributed by atoms with Gasteiger partial charge in [-0.15, -0.1) is 0 Å². The highest BCUT2D eigenvalue weighted by Gasteiger charge is 2.41. The molecule has 0 bridgehead atoms. The van der Waals surface area contributed by atoms with Crippen molar-refractivity contribution in [2.45, 2.75) is 67.2 Å². The third kappa shape index (κ3) is 9.23. The maximum absolute atomic E-state index is 13.3. The van der Waals surface area contributed by atoms with Gasteiger partial charge < -0.3 is 18.9 Å². The lowest BCUT2D eigenvalue weighted by atomic mass is 9.78. The molecule has 4 rings (SSSR count). The molecule has 0 amide bonds. The lowest BCUT2D eigenvalue weighted by Gasteiger charge is -2.30. The van der Waals surface area contributed by atoms with Crippen LogP contribution in [0.5, 0.6) is 11.5 Å². The largest absolute Gasteiger partial charge is 0.462 e. The van der Waals surface area contributed by atoms with E-state index < -0.39 is 46.5 Å². The zero-order valence-corrected chi connectivity index (χ0v) is 31.8. The fourth-order valence-corrected chi connectivity index (χ4v) is 7.09. The smallest absolute Gasteiger partial charge is 0.423 e. The van der Waals surface area contributed by atoms with E-state index in [0.717, 1.165) is 37.8 Å². The Hall–Kier alpha value is -1.94. The first-order chi connectivity index (χ1) is 22.2. The van der Waals surface area contributed by atoms with Crippen LogP contribution in [-0.2, 0) is 19.1 Å². The summed E-state index contributed by atoms with van der Waals surface area (Å²) in [6.45, 7) is 12.4. The summed E-state index contributed by atoms with van der Waals surface area (Å²) in [6, 6.07) is 2.27. The van der Waals surface area contributed by atoms with Gasteiger partial charge in [-0.25, -0.2) is 19.2 Å². The van der Waals surface area contributed by atoms with Crippen molar-refractivity contribution in [3.8, 4) is 11.5 Å². The fraction of sp³-hybridized carbons (Fsp3) is 0.529. The van der Waals surface area contributed by atoms with Crippen LogP contribution in [0.4, 0.5) is 0 Å². The van der Waals surface area contributed by atoms with Crippen LogP contribution in [0.3, 0.4) is 0 Å². The molecule has 2 fully saturated rings. The Balaban J connectivity index is 1.56. The van der Waals surface area contributed by atoms with E-state index in [2.05, 4.69) is 0 Å². The molecule has 0 N–H and O–H groups in total. The molecule has 8 nitrogen and oxygen atoms in total. The maximum atomic E-state index is 13.3. The van der Waals surface area contributed by atoms with Crippen LogP contribution in [-0.4, -0.2) is 37.1 Å². The first kappa shape index (κ1) is 38.9. The molecule has 14 heteroatoms. The Labute approximate surface area is 309 Å². The van der Waals surface area contributed by atoms with E-state index in [1.165, 1.54) is 0 Å². The molecule has 0 heterocycles. The summed E-state index contributed by atoms with van der Waals surface area (Å²) in [5.41, 5.74) is -1.23. The number of hydrogen-bond acceptors (Lipinski definition) is 8. The number of halogens is 6. The van der Waals surface area contributed by atoms with Crippen molar-refractivity contribution in [1.82, 2.24) is 0 Å². The van der Waals surface area contributed by atoms with Gasteiger partial charge >= 0.3 is 23.9 Å². The van der Waals surface area contributed by atoms with Crippen molar-refractivity contribution in [3.63, 3.8) is 0 Å². The molecule has 2 aliphatic carbocycles. The minimum absolute atomic E-state index is 0.0562. The van der Waals surface area contributed by atoms with Crippen molar-refractivity contribution in [2.24, 2.45) is 34.5 Å². The number of ether oxygens (including phenoxy) is 4. The Morgan fingerprint density at radius 1 is 0.604 bits per heavy atom. The topological polar surface area (TPSA) is 105 Å². The molecule has 2 aliphatic rings. The molecule has 0 saturated heterocycles. The third-order valence-electron chi connectivity index (χ3n) is 8.61. The van der Waals surface area contributed by atoms with Gasteiger partial charge in [-0.2, -0.15) is 0 Å². The van der Waals surface area contributed by atoms with Crippen molar-refractivity contribution in [2.75, 3.05) is 13.2 Å². The molecule has 0 aromatic heterocycles. The normalized spacial score (nSPS) is 16.2. The molecule has 0 spiro atoms. The predicted molar refractivity (Wildman–Crippen MR) is 186 cm³/mol. The molecule has 2 atom stereocenters. The summed E-state index contributed by atoms with van der Waals surface area (Å²) >= 11 is 37.7. The predicted octanol–water partition coefficient (Wildman–Crippen LogP) is 10.6. The van der Waals surface area contributed by atoms with E-state index in [1.807, 2.05) is 41.5 Å². The van der Waals surface area contributed by atoms with E-state index in [9.17, 15) is 19.2 Å². The van der Waals surface area contributed by atoms with Crippen molar-refractivity contribution in [1.29, 1.82) is 0 Å². The van der Waals surface area contributed by atoms with Crippen LogP contribution >= 0.6 is 69.6 Å². The van der Waals surface area contributed by atoms with Gasteiger partial charge in [0.05, 0.1) is 43.3 Å². The van der Waals surface area contributed by atoms with Gasteiger partial charge in [-0.1, -0.05) is 111 Å². The standard InChI is InChI=1S/C34H36Cl6O8/c1-33(2,3)17(15-7-8-15)13-45-29(41)23-25(39)19(35)11-21(37)27(23)47-31(43)32(44)48-28-22(38)12-20(36)26(40)24(28)30(42)46-14-18(16-9-10-16)34(4,5)6/h11-12,15-18H,7-10,13-14H2,1-6H3. The van der Waals surface area contributed by atoms with Gasteiger partial charge in [0.2, 0.25) is 0 Å². The number of carbonyl (C=O) groups excluding carboxylic acids is 4.